The van der Waals surface area contributed by atoms with E-state index in [0.717, 1.165) is 12.1 Å². The van der Waals surface area contributed by atoms with Crippen LogP contribution in [0.4, 0.5) is 14.9 Å². The number of benzene rings is 1. The number of halogens is 2. The van der Waals surface area contributed by atoms with Gasteiger partial charge in [0.05, 0.1) is 12.3 Å². The second-order valence-electron chi connectivity index (χ2n) is 3.05. The van der Waals surface area contributed by atoms with E-state index in [1.165, 1.54) is 6.07 Å². The van der Waals surface area contributed by atoms with Crippen LogP contribution < -0.4 is 9.44 Å². The van der Waals surface area contributed by atoms with Crippen LogP contribution in [0.1, 0.15) is 6.92 Å². The third-order valence-corrected chi connectivity index (χ3v) is 3.49. The molecule has 1 amide bonds. The van der Waals surface area contributed by atoms with Gasteiger partial charge in [-0.25, -0.2) is 13.9 Å². The average molecular weight is 388 g/mol. The van der Waals surface area contributed by atoms with Gasteiger partial charge < -0.3 is 4.74 Å². The second kappa shape index (κ2) is 6.18. The molecule has 9 heteroatoms. The summed E-state index contributed by atoms with van der Waals surface area (Å²) < 4.78 is 44.4. The van der Waals surface area contributed by atoms with Crippen LogP contribution in [0.25, 0.3) is 0 Å². The van der Waals surface area contributed by atoms with E-state index in [9.17, 15) is 17.6 Å². The molecule has 6 nitrogen and oxygen atoms in total. The molecule has 0 saturated carbocycles. The molecule has 0 aliphatic heterocycles. The van der Waals surface area contributed by atoms with Gasteiger partial charge in [-0.2, -0.15) is 8.42 Å². The van der Waals surface area contributed by atoms with E-state index in [2.05, 4.69) is 9.46 Å². The quantitative estimate of drug-likeness (QED) is 0.771. The first kappa shape index (κ1) is 15.0. The third kappa shape index (κ3) is 4.64. The molecule has 0 aliphatic carbocycles. The molecule has 0 saturated heterocycles. The van der Waals surface area contributed by atoms with Crippen molar-refractivity contribution in [2.45, 2.75) is 6.92 Å². The molecular weight excluding hydrogens is 378 g/mol. The van der Waals surface area contributed by atoms with E-state index in [1.807, 2.05) is 0 Å². The van der Waals surface area contributed by atoms with Crippen molar-refractivity contribution < 1.29 is 22.3 Å². The zero-order valence-electron chi connectivity index (χ0n) is 9.24. The average Bonchev–Trinajstić information content (AvgIpc) is 2.21. The summed E-state index contributed by atoms with van der Waals surface area (Å²) in [5.74, 6) is -0.485. The SMILES string of the molecule is CCOC(=O)NS(=O)(=O)Nc1ccc(F)cc1I. The number of carbonyl (C=O) groups excluding carboxylic acids is 1. The highest BCUT2D eigenvalue weighted by molar-refractivity contribution is 14.1. The summed E-state index contributed by atoms with van der Waals surface area (Å²) in [5.41, 5.74) is 0.161. The smallest absolute Gasteiger partial charge is 0.422 e. The molecule has 100 valence electrons. The van der Waals surface area contributed by atoms with Gasteiger partial charge in [-0.1, -0.05) is 0 Å². The lowest BCUT2D eigenvalue weighted by Crippen LogP contribution is -2.35. The Labute approximate surface area is 117 Å². The molecule has 0 heterocycles. The molecule has 0 unspecified atom stereocenters. The molecule has 0 spiro atoms. The number of rotatable bonds is 4. The largest absolute Gasteiger partial charge is 0.449 e. The third-order valence-electron chi connectivity index (χ3n) is 1.67. The molecule has 0 aliphatic rings. The number of carbonyl (C=O) groups is 1. The van der Waals surface area contributed by atoms with Gasteiger partial charge in [0.1, 0.15) is 5.82 Å². The first-order valence-corrected chi connectivity index (χ1v) is 7.32. The summed E-state index contributed by atoms with van der Waals surface area (Å²) in [6, 6.07) is 3.51. The fourth-order valence-electron chi connectivity index (χ4n) is 1.01. The van der Waals surface area contributed by atoms with Crippen LogP contribution in [0, 0.1) is 9.39 Å². The van der Waals surface area contributed by atoms with Crippen molar-refractivity contribution in [3.8, 4) is 0 Å². The monoisotopic (exact) mass is 388 g/mol. The highest BCUT2D eigenvalue weighted by atomic mass is 127. The topological polar surface area (TPSA) is 84.5 Å². The van der Waals surface area contributed by atoms with Gasteiger partial charge in [0, 0.05) is 3.57 Å². The van der Waals surface area contributed by atoms with Crippen LogP contribution in [0.15, 0.2) is 18.2 Å². The zero-order valence-corrected chi connectivity index (χ0v) is 12.2. The number of nitrogens with one attached hydrogen (secondary N) is 2. The second-order valence-corrected chi connectivity index (χ2v) is 5.63. The lowest BCUT2D eigenvalue weighted by Gasteiger charge is -2.10. The van der Waals surface area contributed by atoms with Crippen molar-refractivity contribution in [3.63, 3.8) is 0 Å². The lowest BCUT2D eigenvalue weighted by atomic mass is 10.3. The molecule has 0 atom stereocenters. The number of anilines is 1. The molecule has 0 radical (unpaired) electrons. The van der Waals surface area contributed by atoms with Crippen LogP contribution >= 0.6 is 22.6 Å². The fraction of sp³-hybridized carbons (Fsp3) is 0.222. The Morgan fingerprint density at radius 2 is 2.17 bits per heavy atom. The molecule has 0 fully saturated rings. The summed E-state index contributed by atoms with van der Waals surface area (Å²) in [6.07, 6.45) is -1.08. The molecular formula is C9H10FIN2O4S. The summed E-state index contributed by atoms with van der Waals surface area (Å²) in [7, 11) is -4.09. The van der Waals surface area contributed by atoms with Crippen molar-refractivity contribution in [1.29, 1.82) is 0 Å². The van der Waals surface area contributed by atoms with Crippen LogP contribution in [0.5, 0.6) is 0 Å². The minimum atomic E-state index is -4.09. The maximum atomic E-state index is 12.8. The molecule has 1 aromatic carbocycles. The summed E-state index contributed by atoms with van der Waals surface area (Å²) in [6.45, 7) is 1.60. The van der Waals surface area contributed by atoms with Crippen molar-refractivity contribution in [1.82, 2.24) is 4.72 Å². The van der Waals surface area contributed by atoms with E-state index in [-0.39, 0.29) is 12.3 Å². The van der Waals surface area contributed by atoms with Gasteiger partial charge in [-0.15, -0.1) is 0 Å². The highest BCUT2D eigenvalue weighted by Gasteiger charge is 2.16. The van der Waals surface area contributed by atoms with Crippen LogP contribution in [0.3, 0.4) is 0 Å². The maximum Gasteiger partial charge on any atom is 0.422 e. The van der Waals surface area contributed by atoms with E-state index in [0.29, 0.717) is 3.57 Å². The van der Waals surface area contributed by atoms with Crippen molar-refractivity contribution >= 4 is 44.6 Å². The summed E-state index contributed by atoms with van der Waals surface area (Å²) >= 11 is 1.77. The zero-order chi connectivity index (χ0) is 13.8. The van der Waals surface area contributed by atoms with Gasteiger partial charge in [0.15, 0.2) is 0 Å². The molecule has 18 heavy (non-hydrogen) atoms. The van der Waals surface area contributed by atoms with Crippen molar-refractivity contribution in [2.24, 2.45) is 0 Å². The van der Waals surface area contributed by atoms with Crippen LogP contribution in [-0.4, -0.2) is 21.1 Å². The number of ether oxygens (including phenoxy) is 1. The van der Waals surface area contributed by atoms with Gasteiger partial charge in [0.25, 0.3) is 0 Å². The normalized spacial score (nSPS) is 10.8. The molecule has 2 N–H and O–H groups in total. The Hall–Kier alpha value is -1.10. The standard InChI is InChI=1S/C9H10FIN2O4S/c1-2-17-9(14)13-18(15,16)12-8-4-3-6(10)5-7(8)11/h3-5,12H,2H2,1H3,(H,13,14). The van der Waals surface area contributed by atoms with Crippen LogP contribution in [0.2, 0.25) is 0 Å². The van der Waals surface area contributed by atoms with Gasteiger partial charge >= 0.3 is 16.3 Å². The Morgan fingerprint density at radius 3 is 2.72 bits per heavy atom. The minimum absolute atomic E-state index is 0.0510. The predicted molar refractivity (Wildman–Crippen MR) is 71.8 cm³/mol. The Bertz CT molecular complexity index is 549. The number of hydrogen-bond donors (Lipinski definition) is 2. The first-order valence-electron chi connectivity index (χ1n) is 4.76. The van der Waals surface area contributed by atoms with E-state index in [4.69, 9.17) is 0 Å². The predicted octanol–water partition coefficient (Wildman–Crippen LogP) is 1.83. The van der Waals surface area contributed by atoms with Crippen LogP contribution in [-0.2, 0) is 14.9 Å². The molecule has 0 bridgehead atoms. The van der Waals surface area contributed by atoms with Gasteiger partial charge in [-0.05, 0) is 47.7 Å². The van der Waals surface area contributed by atoms with Crippen molar-refractivity contribution in [3.05, 3.63) is 27.6 Å². The minimum Gasteiger partial charge on any atom is -0.449 e. The van der Waals surface area contributed by atoms with E-state index in [1.54, 1.807) is 34.2 Å². The van der Waals surface area contributed by atoms with E-state index < -0.39 is 22.1 Å². The van der Waals surface area contributed by atoms with Gasteiger partial charge in [-0.3, -0.25) is 4.72 Å². The molecule has 0 aromatic heterocycles. The Balaban J connectivity index is 2.79. The maximum absolute atomic E-state index is 12.8. The Kier molecular flexibility index (Phi) is 5.14. The number of amides is 1. The molecule has 1 aromatic rings. The number of hydrogen-bond acceptors (Lipinski definition) is 4. The highest BCUT2D eigenvalue weighted by Crippen LogP contribution is 2.19. The lowest BCUT2D eigenvalue weighted by molar-refractivity contribution is 0.159. The molecule has 1 rings (SSSR count). The Morgan fingerprint density at radius 1 is 1.50 bits per heavy atom. The fourth-order valence-corrected chi connectivity index (χ4v) is 2.60. The van der Waals surface area contributed by atoms with E-state index >= 15 is 0 Å². The van der Waals surface area contributed by atoms with Gasteiger partial charge in [0.2, 0.25) is 0 Å². The summed E-state index contributed by atoms with van der Waals surface area (Å²) in [4.78, 5) is 11.0. The first-order chi connectivity index (χ1) is 8.34. The van der Waals surface area contributed by atoms with Crippen molar-refractivity contribution in [2.75, 3.05) is 11.3 Å². The summed E-state index contributed by atoms with van der Waals surface area (Å²) in [5, 5.41) is 0.